The summed E-state index contributed by atoms with van der Waals surface area (Å²) >= 11 is 6.16. The van der Waals surface area contributed by atoms with E-state index in [0.717, 1.165) is 11.1 Å². The maximum absolute atomic E-state index is 12.8. The largest absolute Gasteiger partial charge is 0.480 e. The third kappa shape index (κ3) is 5.79. The van der Waals surface area contributed by atoms with E-state index in [1.54, 1.807) is 24.3 Å². The molecule has 1 amide bonds. The predicted octanol–water partition coefficient (Wildman–Crippen LogP) is 4.99. The van der Waals surface area contributed by atoms with Crippen LogP contribution in [-0.2, 0) is 11.3 Å². The number of aromatic nitrogens is 1. The van der Waals surface area contributed by atoms with Gasteiger partial charge in [0.15, 0.2) is 0 Å². The van der Waals surface area contributed by atoms with Crippen molar-refractivity contribution < 1.29 is 19.5 Å². The van der Waals surface area contributed by atoms with Crippen LogP contribution in [0.5, 0.6) is 0 Å². The number of carboxylic acid groups (broad SMARTS) is 1. The maximum atomic E-state index is 12.8. The Hall–Kier alpha value is -3.64. The number of carbonyl (C=O) groups is 3. The van der Waals surface area contributed by atoms with Gasteiger partial charge in [0, 0.05) is 18.3 Å². The molecule has 6 nitrogen and oxygen atoms in total. The molecule has 0 saturated carbocycles. The smallest absolute Gasteiger partial charge is 0.328 e. The minimum atomic E-state index is -1.43. The molecule has 1 aromatic heterocycles. The van der Waals surface area contributed by atoms with E-state index in [-0.39, 0.29) is 16.4 Å². The Labute approximate surface area is 197 Å². The zero-order valence-corrected chi connectivity index (χ0v) is 19.4. The molecule has 0 unspecified atom stereocenters. The number of carboxylic acids is 1. The number of halogens is 1. The first-order chi connectivity index (χ1) is 15.6. The van der Waals surface area contributed by atoms with Crippen molar-refractivity contribution in [2.45, 2.75) is 32.9 Å². The van der Waals surface area contributed by atoms with E-state index in [1.807, 2.05) is 60.2 Å². The maximum Gasteiger partial charge on any atom is 0.328 e. The van der Waals surface area contributed by atoms with E-state index in [4.69, 9.17) is 11.6 Å². The Balaban J connectivity index is 1.74. The van der Waals surface area contributed by atoms with Crippen LogP contribution in [0, 0.1) is 6.92 Å². The minimum absolute atomic E-state index is 0.0557. The van der Waals surface area contributed by atoms with Gasteiger partial charge >= 0.3 is 5.97 Å². The Morgan fingerprint density at radius 1 is 1.09 bits per heavy atom. The molecule has 2 N–H and O–H groups in total. The van der Waals surface area contributed by atoms with Gasteiger partial charge in [0.2, 0.25) is 5.78 Å². The summed E-state index contributed by atoms with van der Waals surface area (Å²) in [5.41, 5.74) is 1.77. The molecule has 0 aliphatic carbocycles. The fourth-order valence-corrected chi connectivity index (χ4v) is 3.36. The number of aliphatic carboxylic acids is 1. The number of benzene rings is 2. The molecule has 0 saturated heterocycles. The average molecular weight is 465 g/mol. The molecule has 170 valence electrons. The van der Waals surface area contributed by atoms with Crippen molar-refractivity contribution in [3.05, 3.63) is 99.8 Å². The number of ketones is 1. The first-order valence-electron chi connectivity index (χ1n) is 10.4. The number of amides is 1. The van der Waals surface area contributed by atoms with E-state index < -0.39 is 17.4 Å². The fourth-order valence-electron chi connectivity index (χ4n) is 3.16. The topological polar surface area (TPSA) is 88.4 Å². The molecule has 33 heavy (non-hydrogen) atoms. The Kier molecular flexibility index (Phi) is 7.19. The Morgan fingerprint density at radius 3 is 2.45 bits per heavy atom. The normalized spacial score (nSPS) is 11.5. The molecule has 3 aromatic rings. The molecule has 0 spiro atoms. The summed E-state index contributed by atoms with van der Waals surface area (Å²) in [4.78, 5) is 36.7. The molecule has 0 aliphatic rings. The van der Waals surface area contributed by atoms with Crippen LogP contribution in [-0.4, -0.2) is 32.9 Å². The zero-order valence-electron chi connectivity index (χ0n) is 18.6. The highest BCUT2D eigenvalue weighted by Gasteiger charge is 2.30. The molecule has 0 bridgehead atoms. The third-order valence-corrected chi connectivity index (χ3v) is 5.51. The number of rotatable bonds is 8. The van der Waals surface area contributed by atoms with Crippen molar-refractivity contribution in [2.24, 2.45) is 0 Å². The first kappa shape index (κ1) is 24.0. The number of hydrogen-bond donors (Lipinski definition) is 2. The van der Waals surface area contributed by atoms with Gasteiger partial charge in [0.05, 0.1) is 16.3 Å². The van der Waals surface area contributed by atoms with Crippen LogP contribution >= 0.6 is 11.6 Å². The average Bonchev–Trinajstić information content (AvgIpc) is 3.23. The van der Waals surface area contributed by atoms with Crippen LogP contribution in [0.15, 0.2) is 66.9 Å². The molecule has 1 heterocycles. The molecule has 0 fully saturated rings. The second kappa shape index (κ2) is 9.88. The second-order valence-corrected chi connectivity index (χ2v) is 8.67. The van der Waals surface area contributed by atoms with Gasteiger partial charge in [-0.05, 0) is 50.6 Å². The minimum Gasteiger partial charge on any atom is -0.480 e. The molecule has 2 aromatic carbocycles. The number of nitrogens with zero attached hydrogens (tertiary/aromatic N) is 1. The van der Waals surface area contributed by atoms with Crippen molar-refractivity contribution in [2.75, 3.05) is 0 Å². The summed E-state index contributed by atoms with van der Waals surface area (Å²) in [6.45, 7) is 5.23. The van der Waals surface area contributed by atoms with Crippen molar-refractivity contribution in [1.82, 2.24) is 9.88 Å². The van der Waals surface area contributed by atoms with Gasteiger partial charge < -0.3 is 15.0 Å². The lowest BCUT2D eigenvalue weighted by Gasteiger charge is -2.21. The van der Waals surface area contributed by atoms with Crippen molar-refractivity contribution in [3.63, 3.8) is 0 Å². The standard InChI is InChI=1S/C26H25ClN2O4/c1-17-8-11-19(12-9-17)23(30)22-7-5-15-29(22)14-4-6-18-10-13-21(27)20(16-18)24(31)28-26(2,3)25(32)33/h4-13,15-16H,14H2,1-3H3,(H,28,31)(H,32,33)/b6-4+. The number of aryl methyl sites for hydroxylation is 1. The van der Waals surface area contributed by atoms with Crippen molar-refractivity contribution >= 4 is 35.3 Å². The summed E-state index contributed by atoms with van der Waals surface area (Å²) in [6, 6.07) is 16.0. The van der Waals surface area contributed by atoms with Crippen LogP contribution in [0.1, 0.15) is 51.4 Å². The highest BCUT2D eigenvalue weighted by Crippen LogP contribution is 2.20. The van der Waals surface area contributed by atoms with E-state index in [0.29, 0.717) is 17.8 Å². The van der Waals surface area contributed by atoms with Crippen LogP contribution in [0.4, 0.5) is 0 Å². The molecular weight excluding hydrogens is 440 g/mol. The summed E-state index contributed by atoms with van der Waals surface area (Å²) in [7, 11) is 0. The van der Waals surface area contributed by atoms with E-state index in [1.165, 1.54) is 13.8 Å². The molecule has 0 radical (unpaired) electrons. The van der Waals surface area contributed by atoms with Crippen LogP contribution in [0.3, 0.4) is 0 Å². The van der Waals surface area contributed by atoms with Crippen molar-refractivity contribution in [3.8, 4) is 0 Å². The van der Waals surface area contributed by atoms with Crippen LogP contribution in [0.25, 0.3) is 6.08 Å². The van der Waals surface area contributed by atoms with Crippen LogP contribution in [0.2, 0.25) is 5.02 Å². The monoisotopic (exact) mass is 464 g/mol. The second-order valence-electron chi connectivity index (χ2n) is 8.27. The molecule has 3 rings (SSSR count). The molecular formula is C26H25ClN2O4. The van der Waals surface area contributed by atoms with Crippen LogP contribution < -0.4 is 5.32 Å². The SMILES string of the molecule is Cc1ccc(C(=O)c2cccn2C/C=C/c2ccc(Cl)c(C(=O)NC(C)(C)C(=O)O)c2)cc1. The lowest BCUT2D eigenvalue weighted by Crippen LogP contribution is -2.49. The van der Waals surface area contributed by atoms with E-state index >= 15 is 0 Å². The fraction of sp³-hybridized carbons (Fsp3) is 0.192. The number of carbonyl (C=O) groups excluding carboxylic acids is 2. The van der Waals surface area contributed by atoms with E-state index in [9.17, 15) is 19.5 Å². The van der Waals surface area contributed by atoms with Gasteiger partial charge in [-0.15, -0.1) is 0 Å². The predicted molar refractivity (Wildman–Crippen MR) is 129 cm³/mol. The lowest BCUT2D eigenvalue weighted by molar-refractivity contribution is -0.143. The highest BCUT2D eigenvalue weighted by atomic mass is 35.5. The highest BCUT2D eigenvalue weighted by molar-refractivity contribution is 6.34. The molecule has 0 atom stereocenters. The number of nitrogens with one attached hydrogen (secondary N) is 1. The Bertz CT molecular complexity index is 1220. The lowest BCUT2D eigenvalue weighted by atomic mass is 10.0. The van der Waals surface area contributed by atoms with Gasteiger partial charge in [-0.2, -0.15) is 0 Å². The van der Waals surface area contributed by atoms with E-state index in [2.05, 4.69) is 5.32 Å². The summed E-state index contributed by atoms with van der Waals surface area (Å²) < 4.78 is 1.84. The van der Waals surface area contributed by atoms with Gasteiger partial charge in [0.1, 0.15) is 5.54 Å². The number of allylic oxidation sites excluding steroid dienone is 1. The zero-order chi connectivity index (χ0) is 24.2. The van der Waals surface area contributed by atoms with Gasteiger partial charge in [-0.3, -0.25) is 9.59 Å². The van der Waals surface area contributed by atoms with Gasteiger partial charge in [0.25, 0.3) is 5.91 Å². The Morgan fingerprint density at radius 2 is 1.79 bits per heavy atom. The first-order valence-corrected chi connectivity index (χ1v) is 10.7. The number of hydrogen-bond acceptors (Lipinski definition) is 3. The molecule has 7 heteroatoms. The summed E-state index contributed by atoms with van der Waals surface area (Å²) in [5, 5.41) is 11.9. The molecule has 0 aliphatic heterocycles. The van der Waals surface area contributed by atoms with Crippen molar-refractivity contribution in [1.29, 1.82) is 0 Å². The summed E-state index contributed by atoms with van der Waals surface area (Å²) in [6.07, 6.45) is 5.52. The summed E-state index contributed by atoms with van der Waals surface area (Å²) in [5.74, 6) is -1.77. The quantitative estimate of drug-likeness (QED) is 0.460. The van der Waals surface area contributed by atoms with Gasteiger partial charge in [-0.1, -0.05) is 59.6 Å². The third-order valence-electron chi connectivity index (χ3n) is 5.18. The van der Waals surface area contributed by atoms with Gasteiger partial charge in [-0.25, -0.2) is 4.79 Å².